The van der Waals surface area contributed by atoms with Crippen molar-refractivity contribution < 1.29 is 9.59 Å². The molecule has 7 heteroatoms. The van der Waals surface area contributed by atoms with E-state index in [0.717, 1.165) is 5.75 Å². The zero-order valence-corrected chi connectivity index (χ0v) is 14.5. The number of nitrogens with one attached hydrogen (secondary N) is 2. The number of halogens is 1. The number of hydrogen-bond donors (Lipinski definition) is 3. The summed E-state index contributed by atoms with van der Waals surface area (Å²) in [5.74, 6) is 0.344. The number of nitrogens with two attached hydrogens (primary N) is 1. The molecule has 2 amide bonds. The number of thioether (sulfide) groups is 1. The molecule has 124 valence electrons. The normalized spacial score (nSPS) is 11.5. The lowest BCUT2D eigenvalue weighted by Gasteiger charge is -2.15. The highest BCUT2D eigenvalue weighted by molar-refractivity contribution is 7.99. The highest BCUT2D eigenvalue weighted by atomic mass is 35.5. The minimum Gasteiger partial charge on any atom is -0.354 e. The summed E-state index contributed by atoms with van der Waals surface area (Å²) in [4.78, 5) is 24.3. The molecular formula is C15H24ClN3O2S. The van der Waals surface area contributed by atoms with Crippen molar-refractivity contribution in [2.24, 2.45) is 11.7 Å². The van der Waals surface area contributed by atoms with Crippen molar-refractivity contribution in [1.82, 2.24) is 10.6 Å². The molecule has 5 nitrogen and oxygen atoms in total. The Bertz CT molecular complexity index is 457. The zero-order valence-electron chi connectivity index (χ0n) is 12.9. The van der Waals surface area contributed by atoms with Crippen LogP contribution in [-0.2, 0) is 9.59 Å². The molecule has 1 atom stereocenters. The van der Waals surface area contributed by atoms with Crippen LogP contribution in [0, 0.1) is 5.92 Å². The SMILES string of the molecule is CC(C)[C@H](N)C(=O)NCC(=O)NCCSc1ccccc1.Cl. The van der Waals surface area contributed by atoms with Gasteiger partial charge in [0, 0.05) is 17.2 Å². The van der Waals surface area contributed by atoms with Gasteiger partial charge in [0.1, 0.15) is 0 Å². The second-order valence-corrected chi connectivity index (χ2v) is 6.17. The molecule has 0 saturated carbocycles. The van der Waals surface area contributed by atoms with Crippen molar-refractivity contribution in [2.45, 2.75) is 24.8 Å². The van der Waals surface area contributed by atoms with Crippen LogP contribution >= 0.6 is 24.2 Å². The van der Waals surface area contributed by atoms with Crippen LogP contribution < -0.4 is 16.4 Å². The topological polar surface area (TPSA) is 84.2 Å². The van der Waals surface area contributed by atoms with Crippen LogP contribution in [0.4, 0.5) is 0 Å². The fraction of sp³-hybridized carbons (Fsp3) is 0.467. The molecule has 0 aliphatic carbocycles. The summed E-state index contributed by atoms with van der Waals surface area (Å²) in [5, 5.41) is 5.30. The van der Waals surface area contributed by atoms with E-state index in [1.807, 2.05) is 44.2 Å². The van der Waals surface area contributed by atoms with E-state index in [1.165, 1.54) is 4.90 Å². The maximum absolute atomic E-state index is 11.6. The summed E-state index contributed by atoms with van der Waals surface area (Å²) in [6.45, 7) is 4.26. The third-order valence-corrected chi connectivity index (χ3v) is 3.89. The molecule has 0 aromatic heterocycles. The smallest absolute Gasteiger partial charge is 0.239 e. The fourth-order valence-electron chi connectivity index (χ4n) is 1.53. The van der Waals surface area contributed by atoms with Gasteiger partial charge < -0.3 is 16.4 Å². The van der Waals surface area contributed by atoms with E-state index >= 15 is 0 Å². The van der Waals surface area contributed by atoms with Gasteiger partial charge in [-0.3, -0.25) is 9.59 Å². The molecule has 0 radical (unpaired) electrons. The molecular weight excluding hydrogens is 322 g/mol. The van der Waals surface area contributed by atoms with Gasteiger partial charge in [-0.1, -0.05) is 32.0 Å². The van der Waals surface area contributed by atoms with E-state index in [-0.39, 0.29) is 36.7 Å². The molecule has 0 aliphatic rings. The lowest BCUT2D eigenvalue weighted by molar-refractivity contribution is -0.127. The monoisotopic (exact) mass is 345 g/mol. The lowest BCUT2D eigenvalue weighted by Crippen LogP contribution is -2.47. The van der Waals surface area contributed by atoms with Gasteiger partial charge in [-0.05, 0) is 18.1 Å². The third-order valence-electron chi connectivity index (χ3n) is 2.88. The van der Waals surface area contributed by atoms with Gasteiger partial charge >= 0.3 is 0 Å². The van der Waals surface area contributed by atoms with E-state index in [1.54, 1.807) is 11.8 Å². The Morgan fingerprint density at radius 2 is 1.82 bits per heavy atom. The Labute approximate surface area is 142 Å². The van der Waals surface area contributed by atoms with Crippen molar-refractivity contribution in [3.63, 3.8) is 0 Å². The summed E-state index contributed by atoms with van der Waals surface area (Å²) >= 11 is 1.67. The van der Waals surface area contributed by atoms with Crippen LogP contribution in [-0.4, -0.2) is 36.7 Å². The Morgan fingerprint density at radius 3 is 2.41 bits per heavy atom. The molecule has 0 saturated heterocycles. The summed E-state index contributed by atoms with van der Waals surface area (Å²) in [5.41, 5.74) is 5.69. The van der Waals surface area contributed by atoms with Crippen LogP contribution in [0.15, 0.2) is 35.2 Å². The van der Waals surface area contributed by atoms with Gasteiger partial charge in [-0.2, -0.15) is 0 Å². The molecule has 0 aliphatic heterocycles. The molecule has 1 rings (SSSR count). The van der Waals surface area contributed by atoms with Gasteiger partial charge in [0.25, 0.3) is 0 Å². The minimum absolute atomic E-state index is 0. The number of carbonyl (C=O) groups excluding carboxylic acids is 2. The summed E-state index contributed by atoms with van der Waals surface area (Å²) < 4.78 is 0. The van der Waals surface area contributed by atoms with Gasteiger partial charge in [-0.15, -0.1) is 24.2 Å². The van der Waals surface area contributed by atoms with Crippen molar-refractivity contribution >= 4 is 36.0 Å². The van der Waals surface area contributed by atoms with E-state index < -0.39 is 6.04 Å². The maximum atomic E-state index is 11.6. The van der Waals surface area contributed by atoms with Crippen LogP contribution in [0.5, 0.6) is 0 Å². The third kappa shape index (κ3) is 8.26. The number of benzene rings is 1. The summed E-state index contributed by atoms with van der Waals surface area (Å²) in [7, 11) is 0. The van der Waals surface area contributed by atoms with E-state index in [0.29, 0.717) is 6.54 Å². The predicted molar refractivity (Wildman–Crippen MR) is 93.2 cm³/mol. The Kier molecular flexibility index (Phi) is 10.7. The molecule has 1 aromatic carbocycles. The van der Waals surface area contributed by atoms with E-state index in [4.69, 9.17) is 5.73 Å². The van der Waals surface area contributed by atoms with Gasteiger partial charge in [0.2, 0.25) is 11.8 Å². The van der Waals surface area contributed by atoms with Crippen molar-refractivity contribution in [3.05, 3.63) is 30.3 Å². The van der Waals surface area contributed by atoms with E-state index in [2.05, 4.69) is 10.6 Å². The van der Waals surface area contributed by atoms with Crippen LogP contribution in [0.2, 0.25) is 0 Å². The molecule has 22 heavy (non-hydrogen) atoms. The Balaban J connectivity index is 0.00000441. The van der Waals surface area contributed by atoms with Crippen LogP contribution in [0.1, 0.15) is 13.8 Å². The molecule has 1 aromatic rings. The Hall–Kier alpha value is -1.24. The first-order valence-electron chi connectivity index (χ1n) is 6.98. The zero-order chi connectivity index (χ0) is 15.7. The van der Waals surface area contributed by atoms with Crippen molar-refractivity contribution in [3.8, 4) is 0 Å². The maximum Gasteiger partial charge on any atom is 0.239 e. The van der Waals surface area contributed by atoms with Crippen LogP contribution in [0.25, 0.3) is 0 Å². The van der Waals surface area contributed by atoms with Gasteiger partial charge in [0.15, 0.2) is 0 Å². The predicted octanol–water partition coefficient (Wildman–Crippen LogP) is 1.42. The average molecular weight is 346 g/mol. The highest BCUT2D eigenvalue weighted by Gasteiger charge is 2.17. The standard InChI is InChI=1S/C15H23N3O2S.ClH/c1-11(2)14(16)15(20)18-10-13(19)17-8-9-21-12-6-4-3-5-7-12;/h3-7,11,14H,8-10,16H2,1-2H3,(H,17,19)(H,18,20);1H/t14-;/m0./s1. The lowest BCUT2D eigenvalue weighted by atomic mass is 10.1. The Morgan fingerprint density at radius 1 is 1.18 bits per heavy atom. The fourth-order valence-corrected chi connectivity index (χ4v) is 2.32. The molecule has 0 bridgehead atoms. The molecule has 0 fully saturated rings. The summed E-state index contributed by atoms with van der Waals surface area (Å²) in [6, 6.07) is 9.41. The number of carbonyl (C=O) groups is 2. The van der Waals surface area contributed by atoms with Crippen molar-refractivity contribution in [1.29, 1.82) is 0 Å². The van der Waals surface area contributed by atoms with E-state index in [9.17, 15) is 9.59 Å². The van der Waals surface area contributed by atoms with Gasteiger partial charge in [-0.25, -0.2) is 0 Å². The second kappa shape index (κ2) is 11.3. The largest absolute Gasteiger partial charge is 0.354 e. The van der Waals surface area contributed by atoms with Gasteiger partial charge in [0.05, 0.1) is 12.6 Å². The molecule has 0 heterocycles. The molecule has 0 spiro atoms. The quantitative estimate of drug-likeness (QED) is 0.491. The molecule has 0 unspecified atom stereocenters. The van der Waals surface area contributed by atoms with Crippen LogP contribution in [0.3, 0.4) is 0 Å². The number of amides is 2. The summed E-state index contributed by atoms with van der Waals surface area (Å²) in [6.07, 6.45) is 0. The second-order valence-electron chi connectivity index (χ2n) is 5.00. The average Bonchev–Trinajstić information content (AvgIpc) is 2.49. The highest BCUT2D eigenvalue weighted by Crippen LogP contribution is 2.15. The van der Waals surface area contributed by atoms with Crippen molar-refractivity contribution in [2.75, 3.05) is 18.8 Å². The number of hydrogen-bond acceptors (Lipinski definition) is 4. The minimum atomic E-state index is -0.577. The molecule has 4 N–H and O–H groups in total. The first kappa shape index (κ1) is 20.8. The first-order chi connectivity index (χ1) is 10.0. The number of rotatable bonds is 8. The first-order valence-corrected chi connectivity index (χ1v) is 7.97.